The van der Waals surface area contributed by atoms with Crippen molar-refractivity contribution in [2.45, 2.75) is 18.5 Å². The topological polar surface area (TPSA) is 128 Å². The molecule has 0 amide bonds. The fraction of sp³-hybridized carbons (Fsp3) is 0.0566. The van der Waals surface area contributed by atoms with Gasteiger partial charge in [-0.25, -0.2) is 9.36 Å². The molecule has 2 N–H and O–H groups in total. The molecule has 10 nitrogen and oxygen atoms in total. The molecule has 0 aliphatic heterocycles. The lowest BCUT2D eigenvalue weighted by Crippen LogP contribution is -2.40. The third-order valence-electron chi connectivity index (χ3n) is 11.2. The molecule has 0 atom stereocenters. The fourth-order valence-corrected chi connectivity index (χ4v) is 8.50. The van der Waals surface area contributed by atoms with Crippen molar-refractivity contribution in [2.24, 2.45) is 0 Å². The van der Waals surface area contributed by atoms with Crippen LogP contribution in [-0.2, 0) is 11.1 Å². The maximum absolute atomic E-state index is 10.0. The van der Waals surface area contributed by atoms with Crippen molar-refractivity contribution in [3.63, 3.8) is 0 Å². The summed E-state index contributed by atoms with van der Waals surface area (Å²) in [6.45, 7) is 0. The number of nitrogens with zero attached hydrogens (tertiary/aromatic N) is 8. The normalized spacial score (nSPS) is 11.2. The van der Waals surface area contributed by atoms with Crippen molar-refractivity contribution in [1.29, 1.82) is 0 Å². The summed E-state index contributed by atoms with van der Waals surface area (Å²) in [6, 6.07) is 78.6. The number of benzene rings is 8. The van der Waals surface area contributed by atoms with Crippen LogP contribution in [0.1, 0.15) is 40.8 Å². The van der Waals surface area contributed by atoms with Gasteiger partial charge in [-0.05, 0) is 59.7 Å². The molecule has 2 aromatic heterocycles. The Morgan fingerprint density at radius 1 is 0.344 bits per heavy atom. The maximum Gasteiger partial charge on any atom is 0.489 e. The third-order valence-corrected chi connectivity index (χ3v) is 11.2. The quantitative estimate of drug-likeness (QED) is 0.0980. The Hall–Kier alpha value is -8.12. The molecule has 10 aromatic rings. The van der Waals surface area contributed by atoms with Crippen molar-refractivity contribution in [1.82, 2.24) is 40.4 Å². The van der Waals surface area contributed by atoms with Crippen molar-refractivity contribution in [3.8, 4) is 22.8 Å². The molecule has 0 unspecified atom stereocenters. The van der Waals surface area contributed by atoms with Crippen molar-refractivity contribution in [2.75, 3.05) is 0 Å². The van der Waals surface area contributed by atoms with Gasteiger partial charge in [0.15, 0.2) is 11.6 Å². The number of hydrogen-bond donors (Lipinski definition) is 2. The molecule has 64 heavy (non-hydrogen) atoms. The van der Waals surface area contributed by atoms with E-state index in [-0.39, 0.29) is 7.43 Å². The largest absolute Gasteiger partial charge is 0.489 e. The van der Waals surface area contributed by atoms with E-state index in [4.69, 9.17) is 0 Å². The molecular formula is C53H45BN8O2. The van der Waals surface area contributed by atoms with Crippen LogP contribution in [0.15, 0.2) is 237 Å². The first kappa shape index (κ1) is 42.6. The van der Waals surface area contributed by atoms with Gasteiger partial charge in [0.05, 0.1) is 0 Å². The van der Waals surface area contributed by atoms with Gasteiger partial charge in [-0.15, -0.1) is 10.2 Å². The summed E-state index contributed by atoms with van der Waals surface area (Å²) in [5, 5.41) is 46.0. The Morgan fingerprint density at radius 2 is 0.625 bits per heavy atom. The minimum absolute atomic E-state index is 0. The minimum Gasteiger partial charge on any atom is -0.423 e. The van der Waals surface area contributed by atoms with Gasteiger partial charge in [0.2, 0.25) is 0 Å². The van der Waals surface area contributed by atoms with E-state index in [0.717, 1.165) is 38.9 Å². The molecule has 10 rings (SSSR count). The van der Waals surface area contributed by atoms with E-state index in [1.807, 2.05) is 114 Å². The van der Waals surface area contributed by atoms with Crippen LogP contribution in [0.2, 0.25) is 0 Å². The summed E-state index contributed by atoms with van der Waals surface area (Å²) in [7, 11) is -1.66. The van der Waals surface area contributed by atoms with Gasteiger partial charge in [-0.1, -0.05) is 244 Å². The predicted molar refractivity (Wildman–Crippen MR) is 252 cm³/mol. The van der Waals surface area contributed by atoms with Crippen LogP contribution in [0.5, 0.6) is 0 Å². The van der Waals surface area contributed by atoms with Crippen LogP contribution < -0.4 is 5.46 Å². The Kier molecular flexibility index (Phi) is 12.8. The Bertz CT molecular complexity index is 2780. The molecule has 2 heterocycles. The first-order valence-electron chi connectivity index (χ1n) is 20.5. The summed E-state index contributed by atoms with van der Waals surface area (Å²) in [5.74, 6) is 1.14. The summed E-state index contributed by atoms with van der Waals surface area (Å²) < 4.78 is 3.72. The highest BCUT2D eigenvalue weighted by atomic mass is 16.4. The fourth-order valence-electron chi connectivity index (χ4n) is 8.50. The van der Waals surface area contributed by atoms with E-state index in [1.54, 1.807) is 22.9 Å². The molecule has 11 heteroatoms. The van der Waals surface area contributed by atoms with Gasteiger partial charge in [-0.2, -0.15) is 0 Å². The molecule has 0 aliphatic rings. The molecule has 312 valence electrons. The van der Waals surface area contributed by atoms with E-state index in [1.165, 1.54) is 0 Å². The molecule has 0 aliphatic carbocycles. The third kappa shape index (κ3) is 7.81. The Balaban J connectivity index is 0.000000173. The van der Waals surface area contributed by atoms with Gasteiger partial charge in [-0.3, -0.25) is 0 Å². The summed E-state index contributed by atoms with van der Waals surface area (Å²) in [6.07, 6.45) is 0. The molecule has 0 saturated carbocycles. The molecule has 8 aromatic carbocycles. The van der Waals surface area contributed by atoms with Gasteiger partial charge in [0, 0.05) is 11.1 Å². The standard InChI is InChI=1S/C26H21BN4O2.C26H20N4.CH4/c32-27(33)24-19-11-10-18-23(24)25-28-29-30-31(25)26(20-12-4-1-5-13-20,21-14-6-2-7-15-21)22-16-8-3-9-17-22;1-5-13-21(14-6-1)25-27-28-29-30(25)26(22-15-7-2-8-16-22,23-17-9-3-10-18-23)24-19-11-4-12-20-24;/h1-19,32-33H;1-20H;1H4. The highest BCUT2D eigenvalue weighted by Crippen LogP contribution is 2.43. The lowest BCUT2D eigenvalue weighted by Gasteiger charge is -2.36. The average Bonchev–Trinajstić information content (AvgIpc) is 4.07. The van der Waals surface area contributed by atoms with Crippen LogP contribution in [0.3, 0.4) is 0 Å². The Labute approximate surface area is 372 Å². The van der Waals surface area contributed by atoms with Gasteiger partial charge < -0.3 is 10.0 Å². The van der Waals surface area contributed by atoms with E-state index in [0.29, 0.717) is 22.7 Å². The van der Waals surface area contributed by atoms with Crippen molar-refractivity contribution < 1.29 is 10.0 Å². The SMILES string of the molecule is C.OB(O)c1ccccc1-c1nnnn1C(c1ccccc1)(c1ccccc1)c1ccccc1.c1ccc(-c2nnnn2C(c2ccccc2)(c2ccccc2)c2ccccc2)cc1. The number of hydrogen-bond acceptors (Lipinski definition) is 8. The monoisotopic (exact) mass is 836 g/mol. The summed E-state index contributed by atoms with van der Waals surface area (Å²) >= 11 is 0. The number of rotatable bonds is 11. The Morgan fingerprint density at radius 3 is 0.969 bits per heavy atom. The second-order valence-electron chi connectivity index (χ2n) is 14.8. The lowest BCUT2D eigenvalue weighted by atomic mass is 9.75. The molecule has 0 spiro atoms. The zero-order valence-corrected chi connectivity index (χ0v) is 34.1. The van der Waals surface area contributed by atoms with Crippen LogP contribution in [0.4, 0.5) is 0 Å². The average molecular weight is 837 g/mol. The highest BCUT2D eigenvalue weighted by molar-refractivity contribution is 6.60. The second-order valence-corrected chi connectivity index (χ2v) is 14.8. The van der Waals surface area contributed by atoms with Crippen molar-refractivity contribution >= 4 is 12.6 Å². The van der Waals surface area contributed by atoms with Crippen molar-refractivity contribution in [3.05, 3.63) is 270 Å². The van der Waals surface area contributed by atoms with Gasteiger partial charge >= 0.3 is 7.12 Å². The number of aromatic nitrogens is 8. The smallest absolute Gasteiger partial charge is 0.423 e. The molecule has 0 radical (unpaired) electrons. The van der Waals surface area contributed by atoms with E-state index >= 15 is 0 Å². The summed E-state index contributed by atoms with van der Waals surface area (Å²) in [5.41, 5.74) is 6.39. The first-order valence-corrected chi connectivity index (χ1v) is 20.5. The van der Waals surface area contributed by atoms with Crippen LogP contribution >= 0.6 is 0 Å². The zero-order valence-electron chi connectivity index (χ0n) is 34.1. The second kappa shape index (κ2) is 19.3. The molecule has 0 bridgehead atoms. The van der Waals surface area contributed by atoms with E-state index < -0.39 is 18.2 Å². The van der Waals surface area contributed by atoms with Crippen LogP contribution in [-0.4, -0.2) is 57.6 Å². The summed E-state index contributed by atoms with van der Waals surface area (Å²) in [4.78, 5) is 0. The predicted octanol–water partition coefficient (Wildman–Crippen LogP) is 8.68. The molecular weight excluding hydrogens is 791 g/mol. The van der Waals surface area contributed by atoms with Gasteiger partial charge in [0.25, 0.3) is 0 Å². The van der Waals surface area contributed by atoms with E-state index in [2.05, 4.69) is 140 Å². The van der Waals surface area contributed by atoms with Crippen LogP contribution in [0, 0.1) is 0 Å². The number of tetrazole rings is 2. The van der Waals surface area contributed by atoms with E-state index in [9.17, 15) is 10.0 Å². The van der Waals surface area contributed by atoms with Gasteiger partial charge in [0.1, 0.15) is 11.1 Å². The lowest BCUT2D eigenvalue weighted by molar-refractivity contribution is 0.425. The minimum atomic E-state index is -1.66. The molecule has 0 fully saturated rings. The molecule has 0 saturated heterocycles. The van der Waals surface area contributed by atoms with Crippen LogP contribution in [0.25, 0.3) is 22.8 Å². The maximum atomic E-state index is 10.0. The zero-order chi connectivity index (χ0) is 42.9. The highest BCUT2D eigenvalue weighted by Gasteiger charge is 2.43. The first-order chi connectivity index (χ1) is 31.1.